The van der Waals surface area contributed by atoms with E-state index in [0.29, 0.717) is 12.3 Å². The maximum Gasteiger partial charge on any atom is 0.224 e. The highest BCUT2D eigenvalue weighted by atomic mass is 16.4. The number of pyridine rings is 3. The summed E-state index contributed by atoms with van der Waals surface area (Å²) in [6.45, 7) is 0. The molecule has 4 rings (SSSR count). The van der Waals surface area contributed by atoms with Crippen molar-refractivity contribution >= 4 is 11.5 Å². The lowest BCUT2D eigenvalue weighted by atomic mass is 9.93. The monoisotopic (exact) mass is 358 g/mol. The quantitative estimate of drug-likeness (QED) is 0.522. The smallest absolute Gasteiger partial charge is 0.224 e. The number of aromatic nitrogens is 5. The number of rotatable bonds is 6. The molecule has 134 valence electrons. The third-order valence-electron chi connectivity index (χ3n) is 4.40. The minimum absolute atomic E-state index is 0.105. The summed E-state index contributed by atoms with van der Waals surface area (Å²) in [7, 11) is 1.98. The van der Waals surface area contributed by atoms with Crippen LogP contribution in [0.1, 0.15) is 22.9 Å². The van der Waals surface area contributed by atoms with Crippen LogP contribution in [0.15, 0.2) is 78.2 Å². The highest BCUT2D eigenvalue weighted by Gasteiger charge is 2.23. The van der Waals surface area contributed by atoms with Gasteiger partial charge in [-0.15, -0.1) is 10.2 Å². The standard InChI is InChI=1S/C20H18N6O/c1-26(17-7-4-9-22-13-17)19-15(5-3-10-23-19)11-18(20-25-24-14-27-20)16-6-2-8-21-12-16/h2-10,12-14,18H,11H2,1H3. The lowest BCUT2D eigenvalue weighted by Crippen LogP contribution is -2.15. The SMILES string of the molecule is CN(c1cccnc1)c1ncccc1CC(c1cccnc1)c1nnco1. The van der Waals surface area contributed by atoms with E-state index in [1.165, 1.54) is 6.39 Å². The van der Waals surface area contributed by atoms with Gasteiger partial charge in [0, 0.05) is 31.8 Å². The summed E-state index contributed by atoms with van der Waals surface area (Å²) in [5.41, 5.74) is 3.05. The molecule has 0 fully saturated rings. The summed E-state index contributed by atoms with van der Waals surface area (Å²) in [4.78, 5) is 15.1. The molecule has 0 radical (unpaired) electrons. The molecule has 0 bridgehead atoms. The van der Waals surface area contributed by atoms with Gasteiger partial charge in [-0.25, -0.2) is 4.98 Å². The van der Waals surface area contributed by atoms with Crippen molar-refractivity contribution in [3.8, 4) is 0 Å². The van der Waals surface area contributed by atoms with Crippen LogP contribution in [0, 0.1) is 0 Å². The minimum atomic E-state index is -0.105. The first-order chi connectivity index (χ1) is 13.3. The van der Waals surface area contributed by atoms with E-state index < -0.39 is 0 Å². The fraction of sp³-hybridized carbons (Fsp3) is 0.150. The fourth-order valence-corrected chi connectivity index (χ4v) is 3.05. The summed E-state index contributed by atoms with van der Waals surface area (Å²) in [6.07, 6.45) is 10.9. The zero-order valence-corrected chi connectivity index (χ0v) is 14.8. The van der Waals surface area contributed by atoms with Crippen LogP contribution >= 0.6 is 0 Å². The van der Waals surface area contributed by atoms with Gasteiger partial charge in [0.2, 0.25) is 12.3 Å². The molecule has 0 N–H and O–H groups in total. The number of hydrogen-bond donors (Lipinski definition) is 0. The Bertz CT molecular complexity index is 976. The lowest BCUT2D eigenvalue weighted by molar-refractivity contribution is 0.467. The Balaban J connectivity index is 1.71. The van der Waals surface area contributed by atoms with Gasteiger partial charge in [-0.1, -0.05) is 12.1 Å². The Labute approximate surface area is 156 Å². The van der Waals surface area contributed by atoms with Crippen molar-refractivity contribution in [1.29, 1.82) is 0 Å². The van der Waals surface area contributed by atoms with Crippen molar-refractivity contribution in [2.45, 2.75) is 12.3 Å². The Hall–Kier alpha value is -3.61. The highest BCUT2D eigenvalue weighted by molar-refractivity contribution is 5.61. The third kappa shape index (κ3) is 3.67. The van der Waals surface area contributed by atoms with E-state index in [1.54, 1.807) is 18.6 Å². The van der Waals surface area contributed by atoms with Gasteiger partial charge >= 0.3 is 0 Å². The van der Waals surface area contributed by atoms with Crippen molar-refractivity contribution in [1.82, 2.24) is 25.1 Å². The van der Waals surface area contributed by atoms with Gasteiger partial charge in [-0.2, -0.15) is 0 Å². The van der Waals surface area contributed by atoms with E-state index in [4.69, 9.17) is 4.42 Å². The van der Waals surface area contributed by atoms with Crippen LogP contribution in [-0.4, -0.2) is 32.2 Å². The number of nitrogens with zero attached hydrogens (tertiary/aromatic N) is 6. The molecule has 0 aliphatic carbocycles. The summed E-state index contributed by atoms with van der Waals surface area (Å²) in [6, 6.07) is 11.8. The molecule has 0 aliphatic rings. The topological polar surface area (TPSA) is 80.8 Å². The predicted molar refractivity (Wildman–Crippen MR) is 101 cm³/mol. The van der Waals surface area contributed by atoms with E-state index in [-0.39, 0.29) is 5.92 Å². The first kappa shape index (κ1) is 16.8. The van der Waals surface area contributed by atoms with Crippen molar-refractivity contribution in [3.63, 3.8) is 0 Å². The molecule has 4 heterocycles. The maximum atomic E-state index is 5.51. The molecule has 0 aliphatic heterocycles. The van der Waals surface area contributed by atoms with E-state index in [0.717, 1.165) is 22.6 Å². The Morgan fingerprint density at radius 2 is 1.81 bits per heavy atom. The van der Waals surface area contributed by atoms with E-state index >= 15 is 0 Å². The van der Waals surface area contributed by atoms with Crippen molar-refractivity contribution in [3.05, 3.63) is 90.8 Å². The molecule has 27 heavy (non-hydrogen) atoms. The lowest BCUT2D eigenvalue weighted by Gasteiger charge is -2.22. The molecule has 0 spiro atoms. The van der Waals surface area contributed by atoms with Gasteiger partial charge in [0.15, 0.2) is 0 Å². The van der Waals surface area contributed by atoms with Gasteiger partial charge in [0.1, 0.15) is 5.82 Å². The molecular formula is C20H18N6O. The summed E-state index contributed by atoms with van der Waals surface area (Å²) < 4.78 is 5.51. The van der Waals surface area contributed by atoms with Crippen LogP contribution in [0.4, 0.5) is 11.5 Å². The average molecular weight is 358 g/mol. The number of anilines is 2. The third-order valence-corrected chi connectivity index (χ3v) is 4.40. The summed E-state index contributed by atoms with van der Waals surface area (Å²) in [5.74, 6) is 1.31. The summed E-state index contributed by atoms with van der Waals surface area (Å²) in [5, 5.41) is 7.98. The molecule has 4 aromatic heterocycles. The van der Waals surface area contributed by atoms with Crippen LogP contribution in [0.5, 0.6) is 0 Å². The molecule has 1 unspecified atom stereocenters. The zero-order chi connectivity index (χ0) is 18.5. The van der Waals surface area contributed by atoms with Crippen LogP contribution < -0.4 is 4.90 Å². The molecule has 0 saturated heterocycles. The van der Waals surface area contributed by atoms with Crippen LogP contribution in [0.2, 0.25) is 0 Å². The predicted octanol–water partition coefficient (Wildman–Crippen LogP) is 3.40. The van der Waals surface area contributed by atoms with E-state index in [9.17, 15) is 0 Å². The Morgan fingerprint density at radius 1 is 1.00 bits per heavy atom. The molecule has 7 heteroatoms. The van der Waals surface area contributed by atoms with Crippen LogP contribution in [0.25, 0.3) is 0 Å². The average Bonchev–Trinajstić information content (AvgIpc) is 3.27. The van der Waals surface area contributed by atoms with Gasteiger partial charge in [-0.05, 0) is 41.8 Å². The maximum absolute atomic E-state index is 5.51. The van der Waals surface area contributed by atoms with E-state index in [2.05, 4.69) is 31.2 Å². The Kier molecular flexibility index (Phi) is 4.82. The fourth-order valence-electron chi connectivity index (χ4n) is 3.05. The summed E-state index contributed by atoms with van der Waals surface area (Å²) >= 11 is 0. The zero-order valence-electron chi connectivity index (χ0n) is 14.8. The van der Waals surface area contributed by atoms with Crippen LogP contribution in [-0.2, 0) is 6.42 Å². The molecule has 4 aromatic rings. The van der Waals surface area contributed by atoms with Crippen molar-refractivity contribution < 1.29 is 4.42 Å². The van der Waals surface area contributed by atoms with Crippen molar-refractivity contribution in [2.75, 3.05) is 11.9 Å². The second-order valence-electron chi connectivity index (χ2n) is 6.08. The Morgan fingerprint density at radius 3 is 2.52 bits per heavy atom. The van der Waals surface area contributed by atoms with Crippen LogP contribution in [0.3, 0.4) is 0 Å². The molecule has 0 amide bonds. The largest absolute Gasteiger partial charge is 0.427 e. The minimum Gasteiger partial charge on any atom is -0.427 e. The second kappa shape index (κ2) is 7.74. The molecular weight excluding hydrogens is 340 g/mol. The second-order valence-corrected chi connectivity index (χ2v) is 6.08. The first-order valence-electron chi connectivity index (χ1n) is 8.56. The molecule has 0 saturated carbocycles. The molecule has 7 nitrogen and oxygen atoms in total. The van der Waals surface area contributed by atoms with Gasteiger partial charge in [0.05, 0.1) is 17.8 Å². The number of hydrogen-bond acceptors (Lipinski definition) is 7. The first-order valence-corrected chi connectivity index (χ1v) is 8.56. The van der Waals surface area contributed by atoms with E-state index in [1.807, 2.05) is 54.7 Å². The van der Waals surface area contributed by atoms with Gasteiger partial charge in [0.25, 0.3) is 0 Å². The highest BCUT2D eigenvalue weighted by Crippen LogP contribution is 2.31. The normalized spacial score (nSPS) is 11.9. The molecule has 0 aromatic carbocycles. The van der Waals surface area contributed by atoms with Gasteiger partial charge < -0.3 is 9.32 Å². The van der Waals surface area contributed by atoms with Gasteiger partial charge in [-0.3, -0.25) is 9.97 Å². The van der Waals surface area contributed by atoms with Crippen molar-refractivity contribution in [2.24, 2.45) is 0 Å². The molecule has 1 atom stereocenters.